The number of rotatable bonds is 5. The summed E-state index contributed by atoms with van der Waals surface area (Å²) in [5, 5.41) is 5.42. The Morgan fingerprint density at radius 2 is 1.81 bits per heavy atom. The molecular formula is C20H16N4O2S. The third-order valence-corrected chi connectivity index (χ3v) is 5.45. The number of benzene rings is 2. The molecule has 0 unspecified atom stereocenters. The molecule has 1 aliphatic rings. The van der Waals surface area contributed by atoms with Gasteiger partial charge in [-0.2, -0.15) is 4.98 Å². The maximum atomic E-state index is 12.9. The Hall–Kier alpha value is -2.93. The van der Waals surface area contributed by atoms with Crippen molar-refractivity contribution in [3.8, 4) is 11.4 Å². The van der Waals surface area contributed by atoms with Crippen LogP contribution in [0.25, 0.3) is 22.3 Å². The van der Waals surface area contributed by atoms with Crippen LogP contribution in [0.2, 0.25) is 0 Å². The SMILES string of the molecule is O=c1c2ccccc2nc(SCc2nc(-c3ccccc3)no2)n1C1CC1. The number of nitrogens with zero attached hydrogens (tertiary/aromatic N) is 4. The van der Waals surface area contributed by atoms with E-state index in [-0.39, 0.29) is 11.6 Å². The van der Waals surface area contributed by atoms with Gasteiger partial charge in [0.1, 0.15) is 0 Å². The van der Waals surface area contributed by atoms with Crippen molar-refractivity contribution >= 4 is 22.7 Å². The van der Waals surface area contributed by atoms with E-state index in [1.807, 2.05) is 59.2 Å². The lowest BCUT2D eigenvalue weighted by molar-refractivity contribution is 0.391. The van der Waals surface area contributed by atoms with Crippen molar-refractivity contribution in [1.29, 1.82) is 0 Å². The van der Waals surface area contributed by atoms with Gasteiger partial charge < -0.3 is 4.52 Å². The molecule has 0 radical (unpaired) electrons. The van der Waals surface area contributed by atoms with Gasteiger partial charge in [0.05, 0.1) is 16.7 Å². The van der Waals surface area contributed by atoms with Gasteiger partial charge in [-0.1, -0.05) is 59.4 Å². The quantitative estimate of drug-likeness (QED) is 0.386. The summed E-state index contributed by atoms with van der Waals surface area (Å²) in [6.45, 7) is 0. The van der Waals surface area contributed by atoms with Gasteiger partial charge in [-0.25, -0.2) is 4.98 Å². The first-order valence-electron chi connectivity index (χ1n) is 8.82. The lowest BCUT2D eigenvalue weighted by atomic mass is 10.2. The minimum absolute atomic E-state index is 0.0288. The average molecular weight is 376 g/mol. The van der Waals surface area contributed by atoms with Gasteiger partial charge in [-0.05, 0) is 25.0 Å². The van der Waals surface area contributed by atoms with Crippen LogP contribution in [0.1, 0.15) is 24.8 Å². The molecule has 0 amide bonds. The Bertz CT molecular complexity index is 1170. The van der Waals surface area contributed by atoms with E-state index in [2.05, 4.69) is 10.1 Å². The molecule has 0 aliphatic heterocycles. The zero-order valence-electron chi connectivity index (χ0n) is 14.4. The molecule has 6 nitrogen and oxygen atoms in total. The first-order chi connectivity index (χ1) is 13.3. The fourth-order valence-electron chi connectivity index (χ4n) is 3.03. The fourth-order valence-corrected chi connectivity index (χ4v) is 3.93. The lowest BCUT2D eigenvalue weighted by Gasteiger charge is -2.11. The van der Waals surface area contributed by atoms with Gasteiger partial charge in [0.15, 0.2) is 5.16 Å². The standard InChI is InChI=1S/C20H16N4O2S/c25-19-15-8-4-5-9-16(15)21-20(24(19)14-10-11-14)27-12-17-22-18(23-26-17)13-6-2-1-3-7-13/h1-9,14H,10-12H2. The molecule has 1 fully saturated rings. The number of hydrogen-bond acceptors (Lipinski definition) is 6. The Kier molecular flexibility index (Phi) is 4.01. The zero-order chi connectivity index (χ0) is 18.2. The topological polar surface area (TPSA) is 73.8 Å². The first-order valence-corrected chi connectivity index (χ1v) is 9.80. The maximum Gasteiger partial charge on any atom is 0.262 e. The van der Waals surface area contributed by atoms with Crippen LogP contribution in [0.4, 0.5) is 0 Å². The van der Waals surface area contributed by atoms with E-state index >= 15 is 0 Å². The van der Waals surface area contributed by atoms with Crippen molar-refractivity contribution in [3.05, 3.63) is 70.8 Å². The van der Waals surface area contributed by atoms with Crippen molar-refractivity contribution in [3.63, 3.8) is 0 Å². The minimum Gasteiger partial charge on any atom is -0.338 e. The predicted molar refractivity (Wildman–Crippen MR) is 104 cm³/mol. The van der Waals surface area contributed by atoms with E-state index in [0.29, 0.717) is 28.0 Å². The van der Waals surface area contributed by atoms with Crippen LogP contribution < -0.4 is 5.56 Å². The summed E-state index contributed by atoms with van der Waals surface area (Å²) in [4.78, 5) is 22.1. The highest BCUT2D eigenvalue weighted by atomic mass is 32.2. The number of fused-ring (bicyclic) bond motifs is 1. The third kappa shape index (κ3) is 3.14. The highest BCUT2D eigenvalue weighted by Crippen LogP contribution is 2.37. The maximum absolute atomic E-state index is 12.9. The number of para-hydroxylation sites is 1. The van der Waals surface area contributed by atoms with Crippen LogP contribution in [-0.2, 0) is 5.75 Å². The van der Waals surface area contributed by atoms with Gasteiger partial charge in [-0.3, -0.25) is 9.36 Å². The Balaban J connectivity index is 1.44. The summed E-state index contributed by atoms with van der Waals surface area (Å²) in [6, 6.07) is 17.4. The van der Waals surface area contributed by atoms with Gasteiger partial charge in [0.25, 0.3) is 5.56 Å². The first kappa shape index (κ1) is 16.3. The molecule has 4 aromatic rings. The zero-order valence-corrected chi connectivity index (χ0v) is 15.2. The van der Waals surface area contributed by atoms with Crippen molar-refractivity contribution in [2.75, 3.05) is 0 Å². The monoisotopic (exact) mass is 376 g/mol. The van der Waals surface area contributed by atoms with Gasteiger partial charge >= 0.3 is 0 Å². The van der Waals surface area contributed by atoms with Gasteiger partial charge in [0, 0.05) is 11.6 Å². The van der Waals surface area contributed by atoms with E-state index in [4.69, 9.17) is 9.51 Å². The van der Waals surface area contributed by atoms with Crippen LogP contribution in [0.5, 0.6) is 0 Å². The van der Waals surface area contributed by atoms with Crippen LogP contribution >= 0.6 is 11.8 Å². The van der Waals surface area contributed by atoms with Crippen LogP contribution in [-0.4, -0.2) is 19.7 Å². The molecule has 7 heteroatoms. The third-order valence-electron chi connectivity index (χ3n) is 4.51. The Morgan fingerprint density at radius 3 is 2.63 bits per heavy atom. The minimum atomic E-state index is 0.0288. The summed E-state index contributed by atoms with van der Waals surface area (Å²) >= 11 is 1.46. The molecule has 0 N–H and O–H groups in total. The molecule has 1 saturated carbocycles. The molecule has 0 spiro atoms. The second kappa shape index (κ2) is 6.66. The molecule has 5 rings (SSSR count). The number of hydrogen-bond donors (Lipinski definition) is 0. The van der Waals surface area contributed by atoms with Crippen molar-refractivity contribution in [2.24, 2.45) is 0 Å². The van der Waals surface area contributed by atoms with Crippen molar-refractivity contribution in [1.82, 2.24) is 19.7 Å². The Labute approximate surface area is 159 Å². The molecule has 2 aromatic carbocycles. The summed E-state index contributed by atoms with van der Waals surface area (Å²) in [7, 11) is 0. The van der Waals surface area contributed by atoms with Crippen LogP contribution in [0.3, 0.4) is 0 Å². The molecule has 134 valence electrons. The molecule has 0 saturated heterocycles. The predicted octanol–water partition coefficient (Wildman–Crippen LogP) is 4.07. The molecule has 2 aromatic heterocycles. The van der Waals surface area contributed by atoms with E-state index in [1.54, 1.807) is 0 Å². The summed E-state index contributed by atoms with van der Waals surface area (Å²) in [5.41, 5.74) is 1.66. The van der Waals surface area contributed by atoms with Crippen LogP contribution in [0.15, 0.2) is 69.1 Å². The highest BCUT2D eigenvalue weighted by molar-refractivity contribution is 7.98. The van der Waals surface area contributed by atoms with E-state index < -0.39 is 0 Å². The highest BCUT2D eigenvalue weighted by Gasteiger charge is 2.28. The lowest BCUT2D eigenvalue weighted by Crippen LogP contribution is -2.22. The van der Waals surface area contributed by atoms with Crippen LogP contribution in [0, 0.1) is 0 Å². The van der Waals surface area contributed by atoms with E-state index in [1.165, 1.54) is 11.8 Å². The van der Waals surface area contributed by atoms with Gasteiger partial charge in [-0.15, -0.1) is 0 Å². The van der Waals surface area contributed by atoms with Gasteiger partial charge in [0.2, 0.25) is 11.7 Å². The molecular weight excluding hydrogens is 360 g/mol. The molecule has 2 heterocycles. The summed E-state index contributed by atoms with van der Waals surface area (Å²) < 4.78 is 7.20. The molecule has 0 bridgehead atoms. The second-order valence-electron chi connectivity index (χ2n) is 6.48. The molecule has 1 aliphatic carbocycles. The molecule has 27 heavy (non-hydrogen) atoms. The summed E-state index contributed by atoms with van der Waals surface area (Å²) in [5.74, 6) is 1.55. The van der Waals surface area contributed by atoms with Crippen molar-refractivity contribution in [2.45, 2.75) is 29.8 Å². The normalized spacial score (nSPS) is 13.9. The smallest absolute Gasteiger partial charge is 0.262 e. The largest absolute Gasteiger partial charge is 0.338 e. The number of thioether (sulfide) groups is 1. The van der Waals surface area contributed by atoms with E-state index in [9.17, 15) is 4.79 Å². The van der Waals surface area contributed by atoms with E-state index in [0.717, 1.165) is 23.9 Å². The van der Waals surface area contributed by atoms with Crippen molar-refractivity contribution < 1.29 is 4.52 Å². The Morgan fingerprint density at radius 1 is 1.04 bits per heavy atom. The average Bonchev–Trinajstić information content (AvgIpc) is 3.43. The fraction of sp³-hybridized carbons (Fsp3) is 0.200. The molecule has 0 atom stereocenters. The number of aromatic nitrogens is 4. The second-order valence-corrected chi connectivity index (χ2v) is 7.43. The summed E-state index contributed by atoms with van der Waals surface area (Å²) in [6.07, 6.45) is 2.04.